The van der Waals surface area contributed by atoms with Gasteiger partial charge in [-0.3, -0.25) is 9.59 Å². The van der Waals surface area contributed by atoms with Crippen LogP contribution in [0.15, 0.2) is 71.0 Å². The average Bonchev–Trinajstić information content (AvgIpc) is 3.22. The van der Waals surface area contributed by atoms with Crippen LogP contribution in [0.5, 0.6) is 0 Å². The molecule has 1 heterocycles. The zero-order valence-electron chi connectivity index (χ0n) is 17.7. The lowest BCUT2D eigenvalue weighted by molar-refractivity contribution is -0.118. The van der Waals surface area contributed by atoms with E-state index in [4.69, 9.17) is 4.42 Å². The monoisotopic (exact) mass is 402 g/mol. The Morgan fingerprint density at radius 1 is 0.933 bits per heavy atom. The van der Waals surface area contributed by atoms with Gasteiger partial charge in [0.2, 0.25) is 0 Å². The Morgan fingerprint density at radius 3 is 2.37 bits per heavy atom. The number of nitrogens with one attached hydrogen (secondary N) is 2. The highest BCUT2D eigenvalue weighted by atomic mass is 16.3. The standard InChI is InChI=1S/C25H26N2O3/c1-16-11-12-20(14-18(16)3)19(4)26-25(29)23(15-21-9-7-13-30-21)27-24(28)22-10-6-5-8-17(22)2/h5-15,19H,1-4H3,(H,26,29)(H,27,28)/b23-15-/t19-/m0/s1. The van der Waals surface area contributed by atoms with E-state index in [9.17, 15) is 9.59 Å². The van der Waals surface area contributed by atoms with Crippen LogP contribution in [0.25, 0.3) is 6.08 Å². The number of benzene rings is 2. The van der Waals surface area contributed by atoms with Gasteiger partial charge in [-0.05, 0) is 68.1 Å². The lowest BCUT2D eigenvalue weighted by Gasteiger charge is -2.18. The Kier molecular flexibility index (Phi) is 6.52. The SMILES string of the molecule is Cc1ccc([C@H](C)NC(=O)/C(=C/c2ccco2)NC(=O)c2ccccc2C)cc1C. The summed E-state index contributed by atoms with van der Waals surface area (Å²) in [7, 11) is 0. The largest absolute Gasteiger partial charge is 0.465 e. The Bertz CT molecular complexity index is 1080. The summed E-state index contributed by atoms with van der Waals surface area (Å²) in [5.74, 6) is -0.261. The van der Waals surface area contributed by atoms with Crippen molar-refractivity contribution in [3.63, 3.8) is 0 Å². The van der Waals surface area contributed by atoms with E-state index in [2.05, 4.69) is 16.7 Å². The van der Waals surface area contributed by atoms with Crippen LogP contribution in [0.4, 0.5) is 0 Å². The van der Waals surface area contributed by atoms with E-state index in [0.29, 0.717) is 11.3 Å². The van der Waals surface area contributed by atoms with E-state index in [-0.39, 0.29) is 23.6 Å². The zero-order chi connectivity index (χ0) is 21.7. The van der Waals surface area contributed by atoms with Gasteiger partial charge in [-0.25, -0.2) is 0 Å². The summed E-state index contributed by atoms with van der Waals surface area (Å²) in [6.07, 6.45) is 3.04. The molecular formula is C25H26N2O3. The molecule has 0 aliphatic rings. The molecule has 0 bridgehead atoms. The maximum absolute atomic E-state index is 13.0. The van der Waals surface area contributed by atoms with E-state index in [0.717, 1.165) is 16.7 Å². The summed E-state index contributed by atoms with van der Waals surface area (Å²) in [5, 5.41) is 5.70. The van der Waals surface area contributed by atoms with E-state index in [1.54, 1.807) is 24.3 Å². The first-order valence-corrected chi connectivity index (χ1v) is 9.85. The predicted molar refractivity (Wildman–Crippen MR) is 118 cm³/mol. The highest BCUT2D eigenvalue weighted by molar-refractivity contribution is 6.05. The fourth-order valence-corrected chi connectivity index (χ4v) is 3.08. The number of aryl methyl sites for hydroxylation is 3. The number of hydrogen-bond donors (Lipinski definition) is 2. The molecule has 2 amide bonds. The summed E-state index contributed by atoms with van der Waals surface area (Å²) >= 11 is 0. The van der Waals surface area contributed by atoms with Crippen LogP contribution in [0.3, 0.4) is 0 Å². The number of carbonyl (C=O) groups is 2. The third kappa shape index (κ3) is 5.06. The summed E-state index contributed by atoms with van der Waals surface area (Å²) in [4.78, 5) is 25.8. The molecule has 0 fully saturated rings. The minimum Gasteiger partial charge on any atom is -0.465 e. The van der Waals surface area contributed by atoms with Crippen molar-refractivity contribution >= 4 is 17.9 Å². The quantitative estimate of drug-likeness (QED) is 0.579. The zero-order valence-corrected chi connectivity index (χ0v) is 17.7. The van der Waals surface area contributed by atoms with Gasteiger partial charge in [0.15, 0.2) is 0 Å². The Balaban J connectivity index is 1.83. The molecule has 0 aliphatic heterocycles. The minimum atomic E-state index is -0.390. The molecule has 0 aliphatic carbocycles. The molecule has 0 saturated carbocycles. The molecule has 3 aromatic rings. The maximum atomic E-state index is 13.0. The van der Waals surface area contributed by atoms with Crippen molar-refractivity contribution < 1.29 is 14.0 Å². The second-order valence-corrected chi connectivity index (χ2v) is 7.38. The smallest absolute Gasteiger partial charge is 0.268 e. The minimum absolute atomic E-state index is 0.119. The lowest BCUT2D eigenvalue weighted by atomic mass is 10.0. The van der Waals surface area contributed by atoms with Crippen LogP contribution >= 0.6 is 0 Å². The predicted octanol–water partition coefficient (Wildman–Crippen LogP) is 4.85. The van der Waals surface area contributed by atoms with Crippen LogP contribution < -0.4 is 10.6 Å². The van der Waals surface area contributed by atoms with Gasteiger partial charge in [0.05, 0.1) is 12.3 Å². The second-order valence-electron chi connectivity index (χ2n) is 7.38. The van der Waals surface area contributed by atoms with Crippen molar-refractivity contribution in [2.45, 2.75) is 33.7 Å². The molecule has 0 saturated heterocycles. The molecule has 0 spiro atoms. The second kappa shape index (κ2) is 9.27. The van der Waals surface area contributed by atoms with Crippen LogP contribution in [0.1, 0.15) is 51.3 Å². The first-order valence-electron chi connectivity index (χ1n) is 9.85. The van der Waals surface area contributed by atoms with E-state index in [1.165, 1.54) is 17.9 Å². The number of amides is 2. The highest BCUT2D eigenvalue weighted by Crippen LogP contribution is 2.18. The Labute approximate surface area is 176 Å². The molecule has 5 heteroatoms. The van der Waals surface area contributed by atoms with Gasteiger partial charge in [0.1, 0.15) is 11.5 Å². The molecule has 1 atom stereocenters. The maximum Gasteiger partial charge on any atom is 0.268 e. The molecule has 30 heavy (non-hydrogen) atoms. The van der Waals surface area contributed by atoms with E-state index < -0.39 is 0 Å². The van der Waals surface area contributed by atoms with Gasteiger partial charge >= 0.3 is 0 Å². The molecule has 3 rings (SSSR count). The van der Waals surface area contributed by atoms with Crippen molar-refractivity contribution in [2.24, 2.45) is 0 Å². The number of hydrogen-bond acceptors (Lipinski definition) is 3. The highest BCUT2D eigenvalue weighted by Gasteiger charge is 2.19. The first kappa shape index (κ1) is 21.1. The molecule has 2 N–H and O–H groups in total. The number of furan rings is 1. The van der Waals surface area contributed by atoms with E-state index >= 15 is 0 Å². The van der Waals surface area contributed by atoms with Crippen LogP contribution in [0, 0.1) is 20.8 Å². The van der Waals surface area contributed by atoms with Crippen molar-refractivity contribution in [1.29, 1.82) is 0 Å². The summed E-state index contributed by atoms with van der Waals surface area (Å²) in [6.45, 7) is 7.86. The van der Waals surface area contributed by atoms with Crippen LogP contribution in [-0.4, -0.2) is 11.8 Å². The average molecular weight is 402 g/mol. The normalized spacial score (nSPS) is 12.3. The van der Waals surface area contributed by atoms with Crippen molar-refractivity contribution in [3.05, 3.63) is 100 Å². The van der Waals surface area contributed by atoms with Gasteiger partial charge in [-0.1, -0.05) is 36.4 Å². The van der Waals surface area contributed by atoms with Gasteiger partial charge in [-0.15, -0.1) is 0 Å². The first-order chi connectivity index (χ1) is 14.3. The van der Waals surface area contributed by atoms with Crippen molar-refractivity contribution in [1.82, 2.24) is 10.6 Å². The molecule has 1 aromatic heterocycles. The van der Waals surface area contributed by atoms with Crippen LogP contribution in [0.2, 0.25) is 0 Å². The topological polar surface area (TPSA) is 71.3 Å². The molecule has 154 valence electrons. The van der Waals surface area contributed by atoms with Crippen LogP contribution in [-0.2, 0) is 4.79 Å². The third-order valence-corrected chi connectivity index (χ3v) is 5.09. The fourth-order valence-electron chi connectivity index (χ4n) is 3.08. The summed E-state index contributed by atoms with van der Waals surface area (Å²) < 4.78 is 5.34. The number of rotatable bonds is 6. The Morgan fingerprint density at radius 2 is 1.70 bits per heavy atom. The van der Waals surface area contributed by atoms with Gasteiger partial charge in [0, 0.05) is 11.6 Å². The van der Waals surface area contributed by atoms with Gasteiger partial charge in [-0.2, -0.15) is 0 Å². The summed E-state index contributed by atoms with van der Waals surface area (Å²) in [5.41, 5.74) is 4.81. The molecule has 0 radical (unpaired) electrons. The molecule has 0 unspecified atom stereocenters. The van der Waals surface area contributed by atoms with E-state index in [1.807, 2.05) is 52.0 Å². The number of carbonyl (C=O) groups excluding carboxylic acids is 2. The molecule has 5 nitrogen and oxygen atoms in total. The van der Waals surface area contributed by atoms with Crippen molar-refractivity contribution in [2.75, 3.05) is 0 Å². The van der Waals surface area contributed by atoms with Crippen molar-refractivity contribution in [3.8, 4) is 0 Å². The van der Waals surface area contributed by atoms with Gasteiger partial charge in [0.25, 0.3) is 11.8 Å². The molecule has 2 aromatic carbocycles. The third-order valence-electron chi connectivity index (χ3n) is 5.09. The summed E-state index contributed by atoms with van der Waals surface area (Å²) in [6, 6.07) is 16.5. The molecular weight excluding hydrogens is 376 g/mol. The fraction of sp³-hybridized carbons (Fsp3) is 0.200. The lowest BCUT2D eigenvalue weighted by Crippen LogP contribution is -2.36. The Hall–Kier alpha value is -3.60. The van der Waals surface area contributed by atoms with Gasteiger partial charge < -0.3 is 15.1 Å².